The number of rotatable bonds is 0. The van der Waals surface area contributed by atoms with Crippen molar-refractivity contribution in [2.75, 3.05) is 6.61 Å². The summed E-state index contributed by atoms with van der Waals surface area (Å²) in [5, 5.41) is 10.3. The van der Waals surface area contributed by atoms with Crippen LogP contribution in [-0.4, -0.2) is 35.5 Å². The van der Waals surface area contributed by atoms with Crippen molar-refractivity contribution in [3.8, 4) is 0 Å². The third-order valence-electron chi connectivity index (χ3n) is 11.7. The quantitative estimate of drug-likeness (QED) is 0.589. The lowest BCUT2D eigenvalue weighted by molar-refractivity contribution is -0.273. The molecule has 6 rings (SSSR count). The summed E-state index contributed by atoms with van der Waals surface area (Å²) in [4.78, 5) is 13.3. The summed E-state index contributed by atoms with van der Waals surface area (Å²) in [6, 6.07) is 0. The van der Waals surface area contributed by atoms with Crippen LogP contribution in [0.3, 0.4) is 0 Å². The van der Waals surface area contributed by atoms with E-state index in [4.69, 9.17) is 9.47 Å². The third kappa shape index (κ3) is 2.74. The Bertz CT molecular complexity index is 756. The van der Waals surface area contributed by atoms with Gasteiger partial charge in [-0.1, -0.05) is 27.7 Å². The monoisotopic (exact) mass is 430 g/mol. The molecule has 4 nitrogen and oxygen atoms in total. The molecule has 174 valence electrons. The van der Waals surface area contributed by atoms with Crippen molar-refractivity contribution < 1.29 is 19.4 Å². The molecule has 6 aliphatic rings. The van der Waals surface area contributed by atoms with Gasteiger partial charge in [-0.15, -0.1) is 0 Å². The lowest BCUT2D eigenvalue weighted by Crippen LogP contribution is -2.57. The fraction of sp³-hybridized carbons (Fsp3) is 0.963. The number of hydrogen-bond donors (Lipinski definition) is 1. The minimum atomic E-state index is -0.356. The van der Waals surface area contributed by atoms with Gasteiger partial charge < -0.3 is 14.6 Å². The van der Waals surface area contributed by atoms with Crippen molar-refractivity contribution >= 4 is 5.78 Å². The summed E-state index contributed by atoms with van der Waals surface area (Å²) in [5.74, 6) is 3.53. The molecule has 0 aromatic heterocycles. The lowest BCUT2D eigenvalue weighted by Gasteiger charge is -2.60. The zero-order chi connectivity index (χ0) is 21.8. The normalized spacial score (nSPS) is 60.9. The van der Waals surface area contributed by atoms with Crippen LogP contribution in [0.4, 0.5) is 0 Å². The third-order valence-corrected chi connectivity index (χ3v) is 11.7. The topological polar surface area (TPSA) is 55.8 Å². The summed E-state index contributed by atoms with van der Waals surface area (Å²) < 4.78 is 13.3. The second kappa shape index (κ2) is 6.79. The molecule has 2 aliphatic heterocycles. The van der Waals surface area contributed by atoms with Crippen molar-refractivity contribution in [3.05, 3.63) is 0 Å². The highest BCUT2D eigenvalue weighted by Crippen LogP contribution is 2.71. The molecule has 31 heavy (non-hydrogen) atoms. The molecule has 0 amide bonds. The first kappa shape index (κ1) is 21.1. The van der Waals surface area contributed by atoms with Gasteiger partial charge in [0, 0.05) is 24.7 Å². The van der Waals surface area contributed by atoms with Gasteiger partial charge in [-0.05, 0) is 85.4 Å². The molecule has 4 saturated carbocycles. The largest absolute Gasteiger partial charge is 0.393 e. The van der Waals surface area contributed by atoms with Crippen LogP contribution in [0.1, 0.15) is 85.5 Å². The van der Waals surface area contributed by atoms with Gasteiger partial charge in [0.2, 0.25) is 0 Å². The van der Waals surface area contributed by atoms with Crippen LogP contribution in [0.2, 0.25) is 0 Å². The van der Waals surface area contributed by atoms with E-state index in [1.54, 1.807) is 0 Å². The first-order valence-corrected chi connectivity index (χ1v) is 13.2. The van der Waals surface area contributed by atoms with Crippen LogP contribution in [0.25, 0.3) is 0 Å². The number of Topliss-reactive ketones (excluding diaryl/α,β-unsaturated/α-hetero) is 1. The number of carbonyl (C=O) groups excluding carboxylic acids is 1. The number of hydrogen-bond acceptors (Lipinski definition) is 4. The number of fused-ring (bicyclic) bond motifs is 7. The van der Waals surface area contributed by atoms with E-state index >= 15 is 0 Å². The van der Waals surface area contributed by atoms with E-state index in [1.165, 1.54) is 19.3 Å². The fourth-order valence-corrected chi connectivity index (χ4v) is 10.0. The zero-order valence-electron chi connectivity index (χ0n) is 19.9. The first-order valence-electron chi connectivity index (χ1n) is 13.2. The molecule has 0 bridgehead atoms. The number of ketones is 1. The van der Waals surface area contributed by atoms with E-state index < -0.39 is 0 Å². The highest BCUT2D eigenvalue weighted by Gasteiger charge is 2.69. The van der Waals surface area contributed by atoms with Crippen LogP contribution >= 0.6 is 0 Å². The molecule has 2 heterocycles. The van der Waals surface area contributed by atoms with Crippen LogP contribution < -0.4 is 0 Å². The summed E-state index contributed by atoms with van der Waals surface area (Å²) in [6.45, 7) is 10.4. The average molecular weight is 431 g/mol. The fourth-order valence-electron chi connectivity index (χ4n) is 10.0. The van der Waals surface area contributed by atoms with Gasteiger partial charge in [0.15, 0.2) is 5.79 Å². The molecule has 1 N–H and O–H groups in total. The molecule has 1 unspecified atom stereocenters. The van der Waals surface area contributed by atoms with Crippen LogP contribution in [0, 0.1) is 52.3 Å². The molecule has 0 radical (unpaired) electrons. The van der Waals surface area contributed by atoms with Gasteiger partial charge in [-0.3, -0.25) is 4.79 Å². The number of aliphatic hydroxyl groups is 1. The Morgan fingerprint density at radius 2 is 1.74 bits per heavy atom. The van der Waals surface area contributed by atoms with E-state index in [1.807, 2.05) is 0 Å². The van der Waals surface area contributed by atoms with E-state index in [0.29, 0.717) is 53.8 Å². The highest BCUT2D eigenvalue weighted by molar-refractivity contribution is 5.83. The summed E-state index contributed by atoms with van der Waals surface area (Å²) in [6.07, 6.45) is 9.21. The van der Waals surface area contributed by atoms with Crippen molar-refractivity contribution in [2.45, 2.75) is 103 Å². The lowest BCUT2D eigenvalue weighted by atomic mass is 9.44. The average Bonchev–Trinajstić information content (AvgIpc) is 3.17. The second-order valence-electron chi connectivity index (χ2n) is 13.1. The smallest absolute Gasteiger partial charge is 0.171 e. The number of ether oxygens (including phenoxy) is 2. The Balaban J connectivity index is 1.28. The zero-order valence-corrected chi connectivity index (χ0v) is 19.9. The molecular formula is C27H42O4. The molecule has 4 heteroatoms. The van der Waals surface area contributed by atoms with Gasteiger partial charge in [0.25, 0.3) is 0 Å². The van der Waals surface area contributed by atoms with Gasteiger partial charge in [0.05, 0.1) is 18.8 Å². The predicted molar refractivity (Wildman–Crippen MR) is 118 cm³/mol. The first-order chi connectivity index (χ1) is 14.7. The van der Waals surface area contributed by atoms with Crippen molar-refractivity contribution in [3.63, 3.8) is 0 Å². The van der Waals surface area contributed by atoms with E-state index in [0.717, 1.165) is 38.7 Å². The molecule has 2 saturated heterocycles. The maximum absolute atomic E-state index is 13.3. The van der Waals surface area contributed by atoms with Crippen LogP contribution in [0.5, 0.6) is 0 Å². The van der Waals surface area contributed by atoms with Gasteiger partial charge >= 0.3 is 0 Å². The van der Waals surface area contributed by atoms with Gasteiger partial charge in [0.1, 0.15) is 5.78 Å². The Morgan fingerprint density at radius 3 is 2.48 bits per heavy atom. The Hall–Kier alpha value is -0.450. The molecule has 12 atom stereocenters. The second-order valence-corrected chi connectivity index (χ2v) is 13.1. The maximum atomic E-state index is 13.3. The Labute approximate surface area is 187 Å². The van der Waals surface area contributed by atoms with Crippen LogP contribution in [-0.2, 0) is 14.3 Å². The number of carbonyl (C=O) groups is 1. The summed E-state index contributed by atoms with van der Waals surface area (Å²) in [7, 11) is 0. The Kier molecular flexibility index (Phi) is 4.62. The maximum Gasteiger partial charge on any atom is 0.171 e. The van der Waals surface area contributed by atoms with Crippen molar-refractivity contribution in [2.24, 2.45) is 52.3 Å². The molecule has 1 spiro atoms. The minimum absolute atomic E-state index is 0.0823. The van der Waals surface area contributed by atoms with Gasteiger partial charge in [-0.2, -0.15) is 0 Å². The van der Waals surface area contributed by atoms with E-state index in [9.17, 15) is 9.90 Å². The molecule has 6 fully saturated rings. The molecule has 0 aromatic rings. The van der Waals surface area contributed by atoms with E-state index in [-0.39, 0.29) is 28.6 Å². The summed E-state index contributed by atoms with van der Waals surface area (Å²) in [5.41, 5.74) is 0.355. The van der Waals surface area contributed by atoms with Crippen LogP contribution in [0.15, 0.2) is 0 Å². The van der Waals surface area contributed by atoms with Crippen molar-refractivity contribution in [1.29, 1.82) is 0 Å². The highest BCUT2D eigenvalue weighted by atomic mass is 16.7. The van der Waals surface area contributed by atoms with E-state index in [2.05, 4.69) is 27.7 Å². The molecule has 0 aromatic carbocycles. The Morgan fingerprint density at radius 1 is 0.968 bits per heavy atom. The SMILES string of the molecule is C[C@@H]1CCC2(OC1)O[C@H]1C[C@H]3[C@@H]4CC(=O)[C@H]5C[C@@H](O)CC[C@]5(C)[C@H]4CC[C@]3(C)[C@H]1[C@@H]2C. The van der Waals surface area contributed by atoms with Crippen molar-refractivity contribution in [1.82, 2.24) is 0 Å². The molecule has 4 aliphatic carbocycles. The predicted octanol–water partition coefficient (Wildman–Crippen LogP) is 4.97. The standard InChI is InChI=1S/C27H42O4/c1-15-5-10-27(30-14-15)16(2)24-23(31-27)13-20-18-12-22(29)21-11-17(28)6-8-25(21,3)19(18)7-9-26(20,24)4/h15-21,23-24,28H,5-14H2,1-4H3/t15-,16+,17+,18-,19+,20+,21-,23+,24+,25-,26+,27?/m1/s1. The molecular weight excluding hydrogens is 388 g/mol. The summed E-state index contributed by atoms with van der Waals surface area (Å²) >= 11 is 0. The number of aliphatic hydroxyl groups excluding tert-OH is 1. The minimum Gasteiger partial charge on any atom is -0.393 e. The van der Waals surface area contributed by atoms with Gasteiger partial charge in [-0.25, -0.2) is 0 Å².